The zero-order chi connectivity index (χ0) is 21.9. The molecule has 0 spiro atoms. The molecule has 0 bridgehead atoms. The number of nitrogens with zero attached hydrogens (tertiary/aromatic N) is 1. The predicted molar refractivity (Wildman–Crippen MR) is 123 cm³/mol. The molecule has 1 aliphatic carbocycles. The number of fused-ring (bicyclic) bond motifs is 1. The molecule has 0 aromatic heterocycles. The maximum absolute atomic E-state index is 12.6. The van der Waals surface area contributed by atoms with Crippen molar-refractivity contribution in [3.8, 4) is 11.5 Å². The Morgan fingerprint density at radius 1 is 1.03 bits per heavy atom. The molecule has 5 heteroatoms. The first kappa shape index (κ1) is 21.7. The summed E-state index contributed by atoms with van der Waals surface area (Å²) in [6.45, 7) is 4.71. The van der Waals surface area contributed by atoms with E-state index in [2.05, 4.69) is 35.2 Å². The Labute approximate surface area is 190 Å². The third kappa shape index (κ3) is 4.65. The van der Waals surface area contributed by atoms with Crippen molar-refractivity contribution in [1.29, 1.82) is 0 Å². The summed E-state index contributed by atoms with van der Waals surface area (Å²) in [5, 5.41) is 10.0. The van der Waals surface area contributed by atoms with E-state index < -0.39 is 0 Å². The number of aromatic hydroxyl groups is 1. The summed E-state index contributed by atoms with van der Waals surface area (Å²) in [7, 11) is 0. The second-order valence-electron chi connectivity index (χ2n) is 9.71. The van der Waals surface area contributed by atoms with Gasteiger partial charge in [-0.15, -0.1) is 0 Å². The van der Waals surface area contributed by atoms with Gasteiger partial charge in [0.05, 0.1) is 6.67 Å². The Balaban J connectivity index is 1.30. The van der Waals surface area contributed by atoms with Crippen LogP contribution in [-0.2, 0) is 11.2 Å². The molecule has 1 N–H and O–H groups in total. The number of rotatable bonds is 7. The van der Waals surface area contributed by atoms with Crippen molar-refractivity contribution < 1.29 is 19.0 Å². The monoisotopic (exact) mass is 439 g/mol. The SMILES string of the molecule is Oc1ccc2c(c1)CC[C@H](C1CCOCC1)[C@@H]2c1ccc(OCCN2CC(CF)C2)cc1. The largest absolute Gasteiger partial charge is 0.508 e. The molecule has 2 aromatic rings. The fourth-order valence-corrected chi connectivity index (χ4v) is 5.93. The number of likely N-dealkylation sites (tertiary alicyclic amines) is 1. The van der Waals surface area contributed by atoms with E-state index in [9.17, 15) is 9.50 Å². The van der Waals surface area contributed by atoms with Crippen molar-refractivity contribution in [2.45, 2.75) is 31.6 Å². The zero-order valence-corrected chi connectivity index (χ0v) is 18.7. The van der Waals surface area contributed by atoms with Crippen molar-refractivity contribution >= 4 is 0 Å². The van der Waals surface area contributed by atoms with E-state index in [0.717, 1.165) is 64.3 Å². The molecule has 2 atom stereocenters. The van der Waals surface area contributed by atoms with Crippen LogP contribution in [0.1, 0.15) is 41.9 Å². The normalized spacial score (nSPS) is 24.7. The van der Waals surface area contributed by atoms with Crippen LogP contribution in [0, 0.1) is 17.8 Å². The minimum absolute atomic E-state index is 0.211. The van der Waals surface area contributed by atoms with Gasteiger partial charge in [0, 0.05) is 44.7 Å². The number of ether oxygens (including phenoxy) is 2. The van der Waals surface area contributed by atoms with Gasteiger partial charge in [0.15, 0.2) is 0 Å². The van der Waals surface area contributed by atoms with Crippen LogP contribution in [0.2, 0.25) is 0 Å². The number of halogens is 1. The van der Waals surface area contributed by atoms with Gasteiger partial charge in [-0.3, -0.25) is 9.29 Å². The molecular weight excluding hydrogens is 405 g/mol. The molecular formula is C27H34FNO3. The van der Waals surface area contributed by atoms with Crippen LogP contribution in [0.3, 0.4) is 0 Å². The Morgan fingerprint density at radius 2 is 1.81 bits per heavy atom. The Kier molecular flexibility index (Phi) is 6.65. The molecule has 0 amide bonds. The number of hydrogen-bond acceptors (Lipinski definition) is 4. The van der Waals surface area contributed by atoms with Gasteiger partial charge in [-0.1, -0.05) is 18.2 Å². The summed E-state index contributed by atoms with van der Waals surface area (Å²) in [5.41, 5.74) is 3.97. The first-order valence-corrected chi connectivity index (χ1v) is 12.1. The summed E-state index contributed by atoms with van der Waals surface area (Å²) >= 11 is 0. The van der Waals surface area contributed by atoms with E-state index in [1.807, 2.05) is 12.1 Å². The third-order valence-electron chi connectivity index (χ3n) is 7.67. The van der Waals surface area contributed by atoms with Crippen molar-refractivity contribution in [2.75, 3.05) is 46.1 Å². The Morgan fingerprint density at radius 3 is 2.56 bits per heavy atom. The highest BCUT2D eigenvalue weighted by Gasteiger charge is 2.36. The van der Waals surface area contributed by atoms with Crippen LogP contribution in [0.4, 0.5) is 4.39 Å². The summed E-state index contributed by atoms with van der Waals surface area (Å²) in [5.74, 6) is 3.08. The predicted octanol–water partition coefficient (Wildman–Crippen LogP) is 4.79. The molecule has 2 saturated heterocycles. The molecule has 5 rings (SSSR count). The summed E-state index contributed by atoms with van der Waals surface area (Å²) in [4.78, 5) is 2.24. The fraction of sp³-hybridized carbons (Fsp3) is 0.556. The van der Waals surface area contributed by atoms with E-state index in [-0.39, 0.29) is 12.6 Å². The number of phenols is 1. The van der Waals surface area contributed by atoms with E-state index in [1.165, 1.54) is 16.7 Å². The minimum Gasteiger partial charge on any atom is -0.508 e. The molecule has 32 heavy (non-hydrogen) atoms. The number of alkyl halides is 1. The van der Waals surface area contributed by atoms with Gasteiger partial charge in [-0.05, 0) is 78.5 Å². The van der Waals surface area contributed by atoms with Crippen molar-refractivity contribution in [3.63, 3.8) is 0 Å². The number of hydrogen-bond donors (Lipinski definition) is 1. The van der Waals surface area contributed by atoms with Gasteiger partial charge in [-0.25, -0.2) is 0 Å². The molecule has 0 radical (unpaired) electrons. The molecule has 2 heterocycles. The fourth-order valence-electron chi connectivity index (χ4n) is 5.93. The van der Waals surface area contributed by atoms with Gasteiger partial charge in [-0.2, -0.15) is 0 Å². The van der Waals surface area contributed by atoms with Crippen LogP contribution in [0.15, 0.2) is 42.5 Å². The summed E-state index contributed by atoms with van der Waals surface area (Å²) in [6, 6.07) is 14.5. The summed E-state index contributed by atoms with van der Waals surface area (Å²) in [6.07, 6.45) is 4.45. The van der Waals surface area contributed by atoms with E-state index in [1.54, 1.807) is 0 Å². The van der Waals surface area contributed by atoms with Gasteiger partial charge in [0.25, 0.3) is 0 Å². The quantitative estimate of drug-likeness (QED) is 0.673. The molecule has 0 unspecified atom stereocenters. The molecule has 172 valence electrons. The smallest absolute Gasteiger partial charge is 0.119 e. The maximum Gasteiger partial charge on any atom is 0.119 e. The molecule has 2 aromatic carbocycles. The van der Waals surface area contributed by atoms with Gasteiger partial charge in [0.1, 0.15) is 18.1 Å². The lowest BCUT2D eigenvalue weighted by atomic mass is 9.65. The highest BCUT2D eigenvalue weighted by molar-refractivity contribution is 5.45. The number of benzene rings is 2. The number of phenolic OH excluding ortho intramolecular Hbond substituents is 1. The highest BCUT2D eigenvalue weighted by atomic mass is 19.1. The molecule has 4 nitrogen and oxygen atoms in total. The average Bonchev–Trinajstić information content (AvgIpc) is 2.80. The average molecular weight is 440 g/mol. The van der Waals surface area contributed by atoms with Crippen LogP contribution >= 0.6 is 0 Å². The lowest BCUT2D eigenvalue weighted by molar-refractivity contribution is 0.0404. The lowest BCUT2D eigenvalue weighted by Gasteiger charge is -2.40. The molecule has 3 aliphatic rings. The molecule has 0 saturated carbocycles. The third-order valence-corrected chi connectivity index (χ3v) is 7.67. The van der Waals surface area contributed by atoms with E-state index in [4.69, 9.17) is 9.47 Å². The number of aryl methyl sites for hydroxylation is 1. The Hall–Kier alpha value is -2.11. The lowest BCUT2D eigenvalue weighted by Crippen LogP contribution is -2.49. The zero-order valence-electron chi connectivity index (χ0n) is 18.7. The minimum atomic E-state index is -0.211. The highest BCUT2D eigenvalue weighted by Crippen LogP contribution is 2.47. The van der Waals surface area contributed by atoms with Crippen molar-refractivity contribution in [1.82, 2.24) is 4.90 Å². The van der Waals surface area contributed by atoms with E-state index in [0.29, 0.717) is 30.1 Å². The second-order valence-corrected chi connectivity index (χ2v) is 9.71. The van der Waals surface area contributed by atoms with Crippen LogP contribution in [0.25, 0.3) is 0 Å². The first-order valence-electron chi connectivity index (χ1n) is 12.1. The topological polar surface area (TPSA) is 41.9 Å². The molecule has 2 fully saturated rings. The van der Waals surface area contributed by atoms with Crippen LogP contribution in [0.5, 0.6) is 11.5 Å². The first-order chi connectivity index (χ1) is 15.7. The Bertz CT molecular complexity index is 890. The van der Waals surface area contributed by atoms with Crippen molar-refractivity contribution in [3.05, 3.63) is 59.2 Å². The van der Waals surface area contributed by atoms with E-state index >= 15 is 0 Å². The van der Waals surface area contributed by atoms with Gasteiger partial charge < -0.3 is 14.6 Å². The van der Waals surface area contributed by atoms with Crippen molar-refractivity contribution in [2.24, 2.45) is 17.8 Å². The standard InChI is InChI=1S/C27H34FNO3/c28-16-19-17-29(18-19)11-14-32-24-5-1-21(2-6-24)27-25(20-9-12-31-13-10-20)7-3-22-15-23(30)4-8-26(22)27/h1-2,4-6,8,15,19-20,25,27,30H,3,7,9-14,16-18H2/t25-,27+/m1/s1. The molecule has 2 aliphatic heterocycles. The maximum atomic E-state index is 12.6. The van der Waals surface area contributed by atoms with Crippen LogP contribution < -0.4 is 4.74 Å². The van der Waals surface area contributed by atoms with Crippen LogP contribution in [-0.4, -0.2) is 56.1 Å². The van der Waals surface area contributed by atoms with Gasteiger partial charge >= 0.3 is 0 Å². The summed E-state index contributed by atoms with van der Waals surface area (Å²) < 4.78 is 24.2. The van der Waals surface area contributed by atoms with Gasteiger partial charge in [0.2, 0.25) is 0 Å². The second kappa shape index (κ2) is 9.80.